The van der Waals surface area contributed by atoms with E-state index in [0.29, 0.717) is 0 Å². The van der Waals surface area contributed by atoms with E-state index in [1.807, 2.05) is 37.0 Å². The van der Waals surface area contributed by atoms with Crippen LogP contribution in [0.25, 0.3) is 10.3 Å². The number of rotatable bonds is 5. The summed E-state index contributed by atoms with van der Waals surface area (Å²) in [6, 6.07) is 6.03. The van der Waals surface area contributed by atoms with Gasteiger partial charge in [-0.3, -0.25) is 4.98 Å². The molecule has 1 fully saturated rings. The van der Waals surface area contributed by atoms with Crippen molar-refractivity contribution in [3.05, 3.63) is 35.8 Å². The van der Waals surface area contributed by atoms with Crippen LogP contribution in [0.15, 0.2) is 24.4 Å². The van der Waals surface area contributed by atoms with Crippen LogP contribution in [0.3, 0.4) is 0 Å². The molecule has 24 heavy (non-hydrogen) atoms. The monoisotopic (exact) mass is 343 g/mol. The molecule has 0 saturated carbocycles. The quantitative estimate of drug-likeness (QED) is 0.713. The summed E-state index contributed by atoms with van der Waals surface area (Å²) in [6.07, 6.45) is 4.38. The normalized spacial score (nSPS) is 17.7. The molecule has 1 aliphatic rings. The lowest BCUT2D eigenvalue weighted by atomic mass is 10.2. The molecule has 1 atom stereocenters. The SMILES string of the molecule is Cc1nn(C)c2nc(N(Cc3ccccn3)C[C@H]3CCCO3)sc12. The van der Waals surface area contributed by atoms with E-state index in [1.165, 1.54) is 0 Å². The summed E-state index contributed by atoms with van der Waals surface area (Å²) in [4.78, 5) is 11.6. The number of anilines is 1. The Labute approximate surface area is 145 Å². The first kappa shape index (κ1) is 15.5. The predicted molar refractivity (Wildman–Crippen MR) is 95.4 cm³/mol. The summed E-state index contributed by atoms with van der Waals surface area (Å²) in [7, 11) is 1.95. The number of pyridine rings is 1. The summed E-state index contributed by atoms with van der Waals surface area (Å²) >= 11 is 1.70. The average molecular weight is 343 g/mol. The molecule has 6 nitrogen and oxygen atoms in total. The van der Waals surface area contributed by atoms with Gasteiger partial charge in [0, 0.05) is 26.4 Å². The van der Waals surface area contributed by atoms with Gasteiger partial charge in [-0.1, -0.05) is 17.4 Å². The van der Waals surface area contributed by atoms with Gasteiger partial charge in [0.25, 0.3) is 0 Å². The van der Waals surface area contributed by atoms with E-state index in [4.69, 9.17) is 9.72 Å². The number of aryl methyl sites for hydroxylation is 2. The maximum Gasteiger partial charge on any atom is 0.188 e. The van der Waals surface area contributed by atoms with E-state index >= 15 is 0 Å². The molecule has 0 amide bonds. The third-order valence-electron chi connectivity index (χ3n) is 4.33. The summed E-state index contributed by atoms with van der Waals surface area (Å²) in [5.74, 6) is 0. The van der Waals surface area contributed by atoms with Crippen molar-refractivity contribution in [1.29, 1.82) is 0 Å². The van der Waals surface area contributed by atoms with Gasteiger partial charge in [0.05, 0.1) is 28.7 Å². The van der Waals surface area contributed by atoms with Gasteiger partial charge in [0.15, 0.2) is 10.8 Å². The van der Waals surface area contributed by atoms with Crippen molar-refractivity contribution >= 4 is 26.8 Å². The topological polar surface area (TPSA) is 56.1 Å². The molecule has 4 heterocycles. The highest BCUT2D eigenvalue weighted by atomic mass is 32.1. The number of hydrogen-bond acceptors (Lipinski definition) is 6. The van der Waals surface area contributed by atoms with E-state index in [0.717, 1.165) is 59.4 Å². The first-order chi connectivity index (χ1) is 11.7. The smallest absolute Gasteiger partial charge is 0.188 e. The van der Waals surface area contributed by atoms with Crippen molar-refractivity contribution in [2.24, 2.45) is 7.05 Å². The van der Waals surface area contributed by atoms with Gasteiger partial charge >= 0.3 is 0 Å². The van der Waals surface area contributed by atoms with Crippen molar-refractivity contribution in [3.63, 3.8) is 0 Å². The second kappa shape index (κ2) is 6.49. The van der Waals surface area contributed by atoms with E-state index in [1.54, 1.807) is 11.3 Å². The van der Waals surface area contributed by atoms with Gasteiger partial charge in [-0.25, -0.2) is 9.67 Å². The Kier molecular flexibility index (Phi) is 4.20. The third kappa shape index (κ3) is 3.01. The van der Waals surface area contributed by atoms with Gasteiger partial charge in [0.2, 0.25) is 0 Å². The largest absolute Gasteiger partial charge is 0.376 e. The van der Waals surface area contributed by atoms with E-state index in [-0.39, 0.29) is 6.10 Å². The van der Waals surface area contributed by atoms with Crippen LogP contribution in [-0.4, -0.2) is 39.0 Å². The first-order valence-corrected chi connectivity index (χ1v) is 9.09. The summed E-state index contributed by atoms with van der Waals surface area (Å²) in [6.45, 7) is 4.49. The molecule has 0 spiro atoms. The fraction of sp³-hybridized carbons (Fsp3) is 0.471. The lowest BCUT2D eigenvalue weighted by molar-refractivity contribution is 0.115. The van der Waals surface area contributed by atoms with Crippen LogP contribution >= 0.6 is 11.3 Å². The molecule has 0 N–H and O–H groups in total. The molecule has 3 aromatic heterocycles. The maximum absolute atomic E-state index is 5.84. The fourth-order valence-corrected chi connectivity index (χ4v) is 4.18. The van der Waals surface area contributed by atoms with Crippen LogP contribution in [0.4, 0.5) is 5.13 Å². The molecular formula is C17H21N5OS. The predicted octanol–water partition coefficient (Wildman–Crippen LogP) is 2.92. The van der Waals surface area contributed by atoms with Crippen LogP contribution in [0.2, 0.25) is 0 Å². The van der Waals surface area contributed by atoms with Gasteiger partial charge in [-0.2, -0.15) is 5.10 Å². The summed E-state index contributed by atoms with van der Waals surface area (Å²) in [5.41, 5.74) is 3.03. The third-order valence-corrected chi connectivity index (χ3v) is 5.54. The van der Waals surface area contributed by atoms with E-state index in [9.17, 15) is 0 Å². The maximum atomic E-state index is 5.84. The Hall–Kier alpha value is -1.99. The Bertz CT molecular complexity index is 788. The summed E-state index contributed by atoms with van der Waals surface area (Å²) in [5, 5.41) is 5.46. The summed E-state index contributed by atoms with van der Waals surface area (Å²) < 4.78 is 8.86. The lowest BCUT2D eigenvalue weighted by Crippen LogP contribution is -2.32. The van der Waals surface area contributed by atoms with Crippen LogP contribution in [0, 0.1) is 6.92 Å². The highest BCUT2D eigenvalue weighted by molar-refractivity contribution is 7.22. The van der Waals surface area contributed by atoms with Crippen LogP contribution in [0.1, 0.15) is 24.2 Å². The first-order valence-electron chi connectivity index (χ1n) is 8.27. The van der Waals surface area contributed by atoms with Gasteiger partial charge < -0.3 is 9.64 Å². The molecule has 1 saturated heterocycles. The Morgan fingerprint density at radius 1 is 1.42 bits per heavy atom. The second-order valence-electron chi connectivity index (χ2n) is 6.19. The van der Waals surface area contributed by atoms with Crippen LogP contribution in [0.5, 0.6) is 0 Å². The van der Waals surface area contributed by atoms with Crippen LogP contribution in [-0.2, 0) is 18.3 Å². The zero-order chi connectivity index (χ0) is 16.5. The molecule has 7 heteroatoms. The number of thiazole rings is 1. The highest BCUT2D eigenvalue weighted by Gasteiger charge is 2.23. The fourth-order valence-electron chi connectivity index (χ4n) is 3.14. The number of fused-ring (bicyclic) bond motifs is 1. The molecule has 0 radical (unpaired) electrons. The van der Waals surface area contributed by atoms with Crippen LogP contribution < -0.4 is 4.90 Å². The van der Waals surface area contributed by atoms with Gasteiger partial charge in [-0.15, -0.1) is 0 Å². The van der Waals surface area contributed by atoms with Crippen molar-refractivity contribution in [2.45, 2.75) is 32.4 Å². The molecule has 4 rings (SSSR count). The van der Waals surface area contributed by atoms with Gasteiger partial charge in [-0.05, 0) is 31.9 Å². The molecule has 1 aliphatic heterocycles. The Balaban J connectivity index is 1.65. The minimum atomic E-state index is 0.278. The molecule has 0 unspecified atom stereocenters. The van der Waals surface area contributed by atoms with Crippen molar-refractivity contribution in [2.75, 3.05) is 18.1 Å². The molecule has 0 bridgehead atoms. The molecule has 126 valence electrons. The molecule has 0 aliphatic carbocycles. The minimum absolute atomic E-state index is 0.278. The number of ether oxygens (including phenoxy) is 1. The van der Waals surface area contributed by atoms with Crippen molar-refractivity contribution in [1.82, 2.24) is 19.7 Å². The zero-order valence-electron chi connectivity index (χ0n) is 14.0. The van der Waals surface area contributed by atoms with Crippen molar-refractivity contribution in [3.8, 4) is 0 Å². The second-order valence-corrected chi connectivity index (χ2v) is 7.17. The molecule has 0 aromatic carbocycles. The molecular weight excluding hydrogens is 322 g/mol. The zero-order valence-corrected chi connectivity index (χ0v) is 14.8. The molecule has 3 aromatic rings. The highest BCUT2D eigenvalue weighted by Crippen LogP contribution is 2.32. The van der Waals surface area contributed by atoms with E-state index in [2.05, 4.69) is 21.0 Å². The number of nitrogens with zero attached hydrogens (tertiary/aromatic N) is 5. The number of hydrogen-bond donors (Lipinski definition) is 0. The Morgan fingerprint density at radius 2 is 2.33 bits per heavy atom. The standard InChI is InChI=1S/C17H21N5OS/c1-12-15-16(21(2)20-12)19-17(24-15)22(11-14-7-5-9-23-14)10-13-6-3-4-8-18-13/h3-4,6,8,14H,5,7,9-11H2,1-2H3/t14-/m1/s1. The Morgan fingerprint density at radius 3 is 3.04 bits per heavy atom. The average Bonchev–Trinajstić information content (AvgIpc) is 3.28. The van der Waals surface area contributed by atoms with Gasteiger partial charge in [0.1, 0.15) is 0 Å². The minimum Gasteiger partial charge on any atom is -0.376 e. The number of aromatic nitrogens is 4. The van der Waals surface area contributed by atoms with Crippen molar-refractivity contribution < 1.29 is 4.74 Å². The van der Waals surface area contributed by atoms with E-state index < -0.39 is 0 Å². The lowest BCUT2D eigenvalue weighted by Gasteiger charge is -2.24.